The van der Waals surface area contributed by atoms with Crippen LogP contribution in [0, 0.1) is 17.8 Å². The minimum Gasteiger partial charge on any atom is -0.508 e. The zero-order valence-electron chi connectivity index (χ0n) is 22.8. The van der Waals surface area contributed by atoms with Crippen LogP contribution in [0.25, 0.3) is 0 Å². The molecular formula is C32H38Cl2N2O3. The molecule has 5 nitrogen and oxygen atoms in total. The second-order valence-corrected chi connectivity index (χ2v) is 13.9. The molecule has 1 saturated heterocycles. The Morgan fingerprint density at radius 2 is 1.97 bits per heavy atom. The number of carbonyl (C=O) groups is 1. The van der Waals surface area contributed by atoms with Crippen molar-refractivity contribution in [2.75, 3.05) is 19.6 Å². The van der Waals surface area contributed by atoms with Crippen LogP contribution >= 0.6 is 23.2 Å². The lowest BCUT2D eigenvalue weighted by Gasteiger charge is -2.60. The van der Waals surface area contributed by atoms with Crippen molar-refractivity contribution in [1.82, 2.24) is 9.80 Å². The van der Waals surface area contributed by atoms with E-state index in [9.17, 15) is 9.90 Å². The molecule has 5 atom stereocenters. The number of halogens is 2. The third-order valence-corrected chi connectivity index (χ3v) is 11.0. The van der Waals surface area contributed by atoms with Gasteiger partial charge in [-0.15, -0.1) is 0 Å². The summed E-state index contributed by atoms with van der Waals surface area (Å²) >= 11 is 12.4. The molecule has 208 valence electrons. The van der Waals surface area contributed by atoms with Gasteiger partial charge in [-0.1, -0.05) is 43.1 Å². The third-order valence-electron chi connectivity index (χ3n) is 10.2. The number of ether oxygens (including phenoxy) is 1. The van der Waals surface area contributed by atoms with Crippen molar-refractivity contribution >= 4 is 29.1 Å². The number of likely N-dealkylation sites (tertiary alicyclic amines) is 1. The van der Waals surface area contributed by atoms with Gasteiger partial charge in [-0.2, -0.15) is 0 Å². The molecule has 2 heterocycles. The van der Waals surface area contributed by atoms with E-state index in [1.54, 1.807) is 6.07 Å². The zero-order valence-corrected chi connectivity index (χ0v) is 24.3. The van der Waals surface area contributed by atoms with Crippen LogP contribution in [-0.2, 0) is 23.1 Å². The van der Waals surface area contributed by atoms with E-state index >= 15 is 0 Å². The number of amides is 1. The molecule has 5 aliphatic rings. The number of hydrogen-bond donors (Lipinski definition) is 1. The fourth-order valence-corrected chi connectivity index (χ4v) is 8.85. The van der Waals surface area contributed by atoms with Crippen LogP contribution in [0.5, 0.6) is 11.5 Å². The molecule has 2 aliphatic heterocycles. The zero-order chi connectivity index (χ0) is 27.1. The Morgan fingerprint density at radius 3 is 2.72 bits per heavy atom. The molecule has 3 fully saturated rings. The van der Waals surface area contributed by atoms with Crippen LogP contribution in [0.15, 0.2) is 30.3 Å². The number of phenols is 1. The number of nitrogens with zero attached hydrogens (tertiary/aromatic N) is 2. The molecule has 1 spiro atoms. The fraction of sp³-hybridized carbons (Fsp3) is 0.594. The topological polar surface area (TPSA) is 53.0 Å². The van der Waals surface area contributed by atoms with Gasteiger partial charge in [-0.25, -0.2) is 0 Å². The molecule has 2 bridgehead atoms. The Labute approximate surface area is 241 Å². The Hall–Kier alpha value is -1.95. The predicted octanol–water partition coefficient (Wildman–Crippen LogP) is 6.24. The van der Waals surface area contributed by atoms with Crippen molar-refractivity contribution in [2.24, 2.45) is 17.8 Å². The summed E-state index contributed by atoms with van der Waals surface area (Å²) in [6.07, 6.45) is 6.87. The highest BCUT2D eigenvalue weighted by Gasteiger charge is 2.66. The molecule has 1 amide bonds. The van der Waals surface area contributed by atoms with E-state index in [0.29, 0.717) is 46.6 Å². The van der Waals surface area contributed by atoms with Gasteiger partial charge >= 0.3 is 0 Å². The van der Waals surface area contributed by atoms with Gasteiger partial charge in [-0.3, -0.25) is 9.69 Å². The molecule has 3 aliphatic carbocycles. The van der Waals surface area contributed by atoms with Crippen molar-refractivity contribution in [3.05, 3.63) is 57.1 Å². The molecule has 0 unspecified atom stereocenters. The molecule has 1 N–H and O–H groups in total. The number of benzene rings is 2. The van der Waals surface area contributed by atoms with E-state index in [0.717, 1.165) is 55.0 Å². The number of hydrogen-bond acceptors (Lipinski definition) is 4. The van der Waals surface area contributed by atoms with Crippen LogP contribution < -0.4 is 4.74 Å². The van der Waals surface area contributed by atoms with Crippen molar-refractivity contribution in [3.8, 4) is 11.5 Å². The predicted molar refractivity (Wildman–Crippen MR) is 154 cm³/mol. The number of rotatable bonds is 7. The van der Waals surface area contributed by atoms with Crippen molar-refractivity contribution in [2.45, 2.75) is 82.4 Å². The van der Waals surface area contributed by atoms with Gasteiger partial charge in [0, 0.05) is 35.7 Å². The van der Waals surface area contributed by atoms with Crippen molar-refractivity contribution in [3.63, 3.8) is 0 Å². The van der Waals surface area contributed by atoms with Crippen LogP contribution in [0.1, 0.15) is 62.6 Å². The standard InChI is InChI=1S/C32H38Cl2N2O3/c1-18(2)16-36(29(38)14-20-5-7-23(33)24(34)13-20)25-8-6-22-26-15-21-27(37)9-10-28-30(21)32(22,31(25)39-28)11-12-35(26)17-19-3-4-19/h5,7,9-10,13,18-19,22,25-26,31,37H,3-4,6,8,11-12,14-17H2,1-2H3/t22-,25-,26+,31-,32-/m0/s1. The van der Waals surface area contributed by atoms with E-state index in [4.69, 9.17) is 27.9 Å². The van der Waals surface area contributed by atoms with Crippen molar-refractivity contribution < 1.29 is 14.6 Å². The molecule has 39 heavy (non-hydrogen) atoms. The van der Waals surface area contributed by atoms with E-state index in [1.807, 2.05) is 24.3 Å². The van der Waals surface area contributed by atoms with Gasteiger partial charge in [0.05, 0.1) is 22.5 Å². The maximum Gasteiger partial charge on any atom is 0.227 e. The Bertz CT molecular complexity index is 1310. The molecule has 7 rings (SSSR count). The summed E-state index contributed by atoms with van der Waals surface area (Å²) in [6.45, 7) is 7.30. The SMILES string of the molecule is CC(C)CN(C(=O)Cc1ccc(Cl)c(Cl)c1)[C@H]1CC[C@H]2[C@H]3Cc4c(O)ccc5c4[C@@]2(CCN3CC2CC2)[C@H]1O5. The normalized spacial score (nSPS) is 30.7. The lowest BCUT2D eigenvalue weighted by Crippen LogP contribution is -2.69. The Kier molecular flexibility index (Phi) is 6.37. The Balaban J connectivity index is 1.25. The quantitative estimate of drug-likeness (QED) is 0.429. The van der Waals surface area contributed by atoms with E-state index in [1.165, 1.54) is 24.9 Å². The number of piperidine rings is 1. The summed E-state index contributed by atoms with van der Waals surface area (Å²) in [4.78, 5) is 18.9. The first-order valence-electron chi connectivity index (χ1n) is 14.8. The van der Waals surface area contributed by atoms with Crippen LogP contribution in [-0.4, -0.2) is 58.6 Å². The highest BCUT2D eigenvalue weighted by Crippen LogP contribution is 2.64. The summed E-state index contributed by atoms with van der Waals surface area (Å²) in [7, 11) is 0. The fourth-order valence-electron chi connectivity index (χ4n) is 8.53. The molecule has 2 aromatic rings. The summed E-state index contributed by atoms with van der Waals surface area (Å²) in [6, 6.07) is 9.69. The lowest BCUT2D eigenvalue weighted by atomic mass is 9.50. The summed E-state index contributed by atoms with van der Waals surface area (Å²) < 4.78 is 6.91. The maximum atomic E-state index is 14.0. The molecule has 0 aromatic heterocycles. The third kappa shape index (κ3) is 4.18. The maximum absolute atomic E-state index is 14.0. The van der Waals surface area contributed by atoms with Crippen LogP contribution in [0.3, 0.4) is 0 Å². The average molecular weight is 570 g/mol. The van der Waals surface area contributed by atoms with Crippen LogP contribution in [0.4, 0.5) is 0 Å². The number of carbonyl (C=O) groups excluding carboxylic acids is 1. The monoisotopic (exact) mass is 568 g/mol. The highest BCUT2D eigenvalue weighted by atomic mass is 35.5. The minimum absolute atomic E-state index is 0.00459. The lowest BCUT2D eigenvalue weighted by molar-refractivity contribution is -0.143. The average Bonchev–Trinajstić information content (AvgIpc) is 3.66. The van der Waals surface area contributed by atoms with Crippen molar-refractivity contribution in [1.29, 1.82) is 0 Å². The van der Waals surface area contributed by atoms with E-state index < -0.39 is 0 Å². The van der Waals surface area contributed by atoms with Gasteiger partial charge in [0.15, 0.2) is 0 Å². The van der Waals surface area contributed by atoms with Crippen LogP contribution in [0.2, 0.25) is 10.0 Å². The first-order chi connectivity index (χ1) is 18.8. The van der Waals surface area contributed by atoms with Gasteiger partial charge < -0.3 is 14.7 Å². The summed E-state index contributed by atoms with van der Waals surface area (Å²) in [5.74, 6) is 3.12. The second kappa shape index (κ2) is 9.56. The van der Waals surface area contributed by atoms with Gasteiger partial charge in [-0.05, 0) is 92.7 Å². The van der Waals surface area contributed by atoms with E-state index in [-0.39, 0.29) is 23.5 Å². The van der Waals surface area contributed by atoms with Gasteiger partial charge in [0.25, 0.3) is 0 Å². The molecule has 7 heteroatoms. The first-order valence-corrected chi connectivity index (χ1v) is 15.5. The minimum atomic E-state index is -0.144. The summed E-state index contributed by atoms with van der Waals surface area (Å²) in [5, 5.41) is 12.0. The highest BCUT2D eigenvalue weighted by molar-refractivity contribution is 6.42. The smallest absolute Gasteiger partial charge is 0.227 e. The molecule has 2 aromatic carbocycles. The molecule has 2 saturated carbocycles. The van der Waals surface area contributed by atoms with E-state index in [2.05, 4.69) is 23.6 Å². The largest absolute Gasteiger partial charge is 0.508 e. The molecule has 0 radical (unpaired) electrons. The first kappa shape index (κ1) is 26.0. The Morgan fingerprint density at radius 1 is 1.15 bits per heavy atom. The van der Waals surface area contributed by atoms with Gasteiger partial charge in [0.1, 0.15) is 17.6 Å². The number of aromatic hydroxyl groups is 1. The molecular weight excluding hydrogens is 531 g/mol. The second-order valence-electron chi connectivity index (χ2n) is 13.1. The number of phenolic OH excluding ortho intramolecular Hbond substituents is 1. The summed E-state index contributed by atoms with van der Waals surface area (Å²) in [5.41, 5.74) is 3.08. The van der Waals surface area contributed by atoms with Gasteiger partial charge in [0.2, 0.25) is 5.91 Å².